The van der Waals surface area contributed by atoms with Gasteiger partial charge in [0.05, 0.1) is 0 Å². The summed E-state index contributed by atoms with van der Waals surface area (Å²) in [6.45, 7) is 1.97. The average Bonchev–Trinajstić information content (AvgIpc) is 1.97. The van der Waals surface area contributed by atoms with E-state index in [4.69, 9.17) is 5.41 Å². The van der Waals surface area contributed by atoms with Crippen LogP contribution in [0.25, 0.3) is 0 Å². The number of hydrogen-bond donors (Lipinski definition) is 1. The van der Waals surface area contributed by atoms with Gasteiger partial charge in [0.25, 0.3) is 0 Å². The number of hydrogen-bond acceptors (Lipinski definition) is 2. The van der Waals surface area contributed by atoms with Crippen molar-refractivity contribution >= 4 is 12.4 Å². The van der Waals surface area contributed by atoms with E-state index >= 15 is 0 Å². The molecule has 54 valence electrons. The fourth-order valence-corrected chi connectivity index (χ4v) is 0.411. The van der Waals surface area contributed by atoms with Gasteiger partial charge in [0.2, 0.25) is 0 Å². The van der Waals surface area contributed by atoms with E-state index in [1.54, 1.807) is 18.5 Å². The molecule has 0 aliphatic heterocycles. The number of aliphatic imine (C=N–C) groups is 1. The molecule has 0 unspecified atom stereocenters. The summed E-state index contributed by atoms with van der Waals surface area (Å²) in [6.07, 6.45) is 11.0. The maximum Gasteiger partial charge on any atom is 0.0279 e. The molecule has 0 radical (unpaired) electrons. The molecule has 0 saturated carbocycles. The highest BCUT2D eigenvalue weighted by molar-refractivity contribution is 5.68. The zero-order valence-electron chi connectivity index (χ0n) is 6.12. The van der Waals surface area contributed by atoms with Crippen molar-refractivity contribution in [2.75, 3.05) is 0 Å². The minimum absolute atomic E-state index is 0.860. The molecule has 0 aromatic carbocycles. The van der Waals surface area contributed by atoms with Crippen molar-refractivity contribution in [3.8, 4) is 0 Å². The smallest absolute Gasteiger partial charge is 0.0279 e. The molecule has 0 saturated heterocycles. The molecule has 0 spiro atoms. The van der Waals surface area contributed by atoms with Crippen LogP contribution in [0.4, 0.5) is 0 Å². The lowest BCUT2D eigenvalue weighted by atomic mass is 10.4. The molecule has 1 N–H and O–H groups in total. The second-order valence-corrected chi connectivity index (χ2v) is 1.64. The number of allylic oxidation sites excluding steroid dienone is 3. The monoisotopic (exact) mass is 136 g/mol. The molecule has 10 heavy (non-hydrogen) atoms. The van der Waals surface area contributed by atoms with Gasteiger partial charge in [-0.1, -0.05) is 12.2 Å². The van der Waals surface area contributed by atoms with Crippen molar-refractivity contribution in [2.24, 2.45) is 4.99 Å². The Labute approximate surface area is 61.5 Å². The Hall–Kier alpha value is -1.18. The molecular weight excluding hydrogens is 124 g/mol. The molecule has 0 bridgehead atoms. The summed E-state index contributed by atoms with van der Waals surface area (Å²) in [7, 11) is 0. The van der Waals surface area contributed by atoms with Crippen LogP contribution in [0.5, 0.6) is 0 Å². The van der Waals surface area contributed by atoms with Gasteiger partial charge in [-0.3, -0.25) is 4.99 Å². The molecule has 2 heteroatoms. The molecular formula is C8H12N2. The topological polar surface area (TPSA) is 36.2 Å². The molecule has 0 aliphatic rings. The van der Waals surface area contributed by atoms with Crippen LogP contribution in [0, 0.1) is 5.41 Å². The van der Waals surface area contributed by atoms with E-state index in [9.17, 15) is 0 Å². The van der Waals surface area contributed by atoms with Gasteiger partial charge < -0.3 is 5.41 Å². The molecule has 0 heterocycles. The van der Waals surface area contributed by atoms with E-state index < -0.39 is 0 Å². The molecule has 0 aromatic heterocycles. The average molecular weight is 136 g/mol. The minimum Gasteiger partial charge on any atom is -0.309 e. The zero-order valence-corrected chi connectivity index (χ0v) is 6.12. The predicted octanol–water partition coefficient (Wildman–Crippen LogP) is 2.19. The van der Waals surface area contributed by atoms with Crippen LogP contribution in [-0.2, 0) is 0 Å². The van der Waals surface area contributed by atoms with Crippen LogP contribution in [0.15, 0.2) is 29.4 Å². The van der Waals surface area contributed by atoms with Crippen LogP contribution in [0.1, 0.15) is 13.3 Å². The number of nitrogens with one attached hydrogen (secondary N) is 1. The van der Waals surface area contributed by atoms with Crippen molar-refractivity contribution in [1.82, 2.24) is 0 Å². The standard InChI is InChI=1S/C8H12N2/c1-2-3-4-7-10-8-5-6-9/h2-3,5-9H,4H2,1H3/b3-2-,8-5-,9-6?,10-7?. The van der Waals surface area contributed by atoms with Gasteiger partial charge in [-0.2, -0.15) is 0 Å². The number of rotatable bonds is 4. The largest absolute Gasteiger partial charge is 0.309 e. The van der Waals surface area contributed by atoms with E-state index in [0.29, 0.717) is 0 Å². The third-order valence-electron chi connectivity index (χ3n) is 0.851. The van der Waals surface area contributed by atoms with Crippen LogP contribution in [0.2, 0.25) is 0 Å². The third-order valence-corrected chi connectivity index (χ3v) is 0.851. The highest BCUT2D eigenvalue weighted by Gasteiger charge is 1.65. The van der Waals surface area contributed by atoms with Gasteiger partial charge in [0, 0.05) is 25.0 Å². The maximum absolute atomic E-state index is 6.62. The second-order valence-electron chi connectivity index (χ2n) is 1.64. The van der Waals surface area contributed by atoms with Gasteiger partial charge in [-0.25, -0.2) is 0 Å². The highest BCUT2D eigenvalue weighted by Crippen LogP contribution is 1.78. The van der Waals surface area contributed by atoms with E-state index in [-0.39, 0.29) is 0 Å². The van der Waals surface area contributed by atoms with Gasteiger partial charge in [0.15, 0.2) is 0 Å². The maximum atomic E-state index is 6.62. The van der Waals surface area contributed by atoms with Crippen molar-refractivity contribution in [3.05, 3.63) is 24.4 Å². The Morgan fingerprint density at radius 1 is 1.50 bits per heavy atom. The third kappa shape index (κ3) is 6.82. The molecule has 0 atom stereocenters. The SMILES string of the molecule is C/C=C\CC=N/C=C\C=N. The van der Waals surface area contributed by atoms with Crippen LogP contribution < -0.4 is 0 Å². The minimum atomic E-state index is 0.860. The van der Waals surface area contributed by atoms with E-state index in [1.807, 2.05) is 19.1 Å². The first-order chi connectivity index (χ1) is 4.91. The summed E-state index contributed by atoms with van der Waals surface area (Å²) in [4.78, 5) is 3.89. The fourth-order valence-electron chi connectivity index (χ4n) is 0.411. The molecule has 0 fully saturated rings. The molecule has 0 aromatic rings. The number of nitrogens with zero attached hydrogens (tertiary/aromatic N) is 1. The van der Waals surface area contributed by atoms with Crippen molar-refractivity contribution in [3.63, 3.8) is 0 Å². The van der Waals surface area contributed by atoms with E-state index in [1.165, 1.54) is 6.21 Å². The Bertz CT molecular complexity index is 155. The first-order valence-corrected chi connectivity index (χ1v) is 3.20. The van der Waals surface area contributed by atoms with Crippen molar-refractivity contribution in [2.45, 2.75) is 13.3 Å². The summed E-state index contributed by atoms with van der Waals surface area (Å²) in [5.41, 5.74) is 0. The Balaban J connectivity index is 3.37. The lowest BCUT2D eigenvalue weighted by Gasteiger charge is -1.76. The lowest BCUT2D eigenvalue weighted by Crippen LogP contribution is -1.66. The molecule has 0 aliphatic carbocycles. The van der Waals surface area contributed by atoms with Crippen LogP contribution in [0.3, 0.4) is 0 Å². The van der Waals surface area contributed by atoms with Crippen molar-refractivity contribution < 1.29 is 0 Å². The van der Waals surface area contributed by atoms with Gasteiger partial charge in [-0.05, 0) is 13.0 Å². The summed E-state index contributed by atoms with van der Waals surface area (Å²) >= 11 is 0. The fraction of sp³-hybridized carbons (Fsp3) is 0.250. The normalized spacial score (nSPS) is 12.1. The van der Waals surface area contributed by atoms with Crippen molar-refractivity contribution in [1.29, 1.82) is 5.41 Å². The Morgan fingerprint density at radius 3 is 2.90 bits per heavy atom. The van der Waals surface area contributed by atoms with Crippen LogP contribution >= 0.6 is 0 Å². The lowest BCUT2D eigenvalue weighted by molar-refractivity contribution is 1.45. The first-order valence-electron chi connectivity index (χ1n) is 3.20. The summed E-state index contributed by atoms with van der Waals surface area (Å²) in [5.74, 6) is 0. The van der Waals surface area contributed by atoms with Gasteiger partial charge >= 0.3 is 0 Å². The molecule has 2 nitrogen and oxygen atoms in total. The summed E-state index contributed by atoms with van der Waals surface area (Å²) in [5, 5.41) is 6.62. The quantitative estimate of drug-likeness (QED) is 0.454. The summed E-state index contributed by atoms with van der Waals surface area (Å²) < 4.78 is 0. The van der Waals surface area contributed by atoms with E-state index in [2.05, 4.69) is 4.99 Å². The Morgan fingerprint density at radius 2 is 2.30 bits per heavy atom. The van der Waals surface area contributed by atoms with Crippen LogP contribution in [-0.4, -0.2) is 12.4 Å². The van der Waals surface area contributed by atoms with E-state index in [0.717, 1.165) is 6.42 Å². The van der Waals surface area contributed by atoms with Gasteiger partial charge in [-0.15, -0.1) is 0 Å². The predicted molar refractivity (Wildman–Crippen MR) is 45.8 cm³/mol. The zero-order chi connectivity index (χ0) is 7.66. The first kappa shape index (κ1) is 8.82. The highest BCUT2D eigenvalue weighted by atomic mass is 14.7. The Kier molecular flexibility index (Phi) is 6.90. The molecule has 0 rings (SSSR count). The molecule has 0 amide bonds. The second kappa shape index (κ2) is 7.82. The van der Waals surface area contributed by atoms with Gasteiger partial charge in [0.1, 0.15) is 0 Å². The summed E-state index contributed by atoms with van der Waals surface area (Å²) in [6, 6.07) is 0.